The van der Waals surface area contributed by atoms with Crippen molar-refractivity contribution in [2.24, 2.45) is 0 Å². The summed E-state index contributed by atoms with van der Waals surface area (Å²) < 4.78 is 5.31. The van der Waals surface area contributed by atoms with E-state index in [4.69, 9.17) is 4.74 Å². The lowest BCUT2D eigenvalue weighted by molar-refractivity contribution is -0.117. The fourth-order valence-electron chi connectivity index (χ4n) is 1.97. The fourth-order valence-corrected chi connectivity index (χ4v) is 1.97. The second-order valence-corrected chi connectivity index (χ2v) is 5.21. The van der Waals surface area contributed by atoms with Crippen LogP contribution in [0.5, 0.6) is 0 Å². The summed E-state index contributed by atoms with van der Waals surface area (Å²) in [6.45, 7) is 8.56. The van der Waals surface area contributed by atoms with Gasteiger partial charge in [-0.2, -0.15) is 0 Å². The van der Waals surface area contributed by atoms with Gasteiger partial charge >= 0.3 is 0 Å². The van der Waals surface area contributed by atoms with Gasteiger partial charge in [-0.25, -0.2) is 0 Å². The molecule has 0 aliphatic heterocycles. The molecule has 1 amide bonds. The molecule has 1 aromatic carbocycles. The minimum absolute atomic E-state index is 0.00369. The number of nitrogens with one attached hydrogen (secondary N) is 2. The minimum Gasteiger partial charge on any atom is -0.381 e. The van der Waals surface area contributed by atoms with Gasteiger partial charge in [-0.15, -0.1) is 0 Å². The standard InChI is InChI=1S/C17H28N2O2/c1-4-11-18-14(3)15-6-8-16(9-7-15)19-17(20)10-13-21-12-5-2/h6-9,14,18H,4-5,10-13H2,1-3H3,(H,19,20). The van der Waals surface area contributed by atoms with Gasteiger partial charge in [0, 0.05) is 18.3 Å². The molecule has 0 aliphatic rings. The molecule has 0 aromatic heterocycles. The van der Waals surface area contributed by atoms with Crippen LogP contribution in [0, 0.1) is 0 Å². The molecule has 0 spiro atoms. The Labute approximate surface area is 128 Å². The lowest BCUT2D eigenvalue weighted by Gasteiger charge is -2.14. The van der Waals surface area contributed by atoms with Gasteiger partial charge in [-0.1, -0.05) is 26.0 Å². The van der Waals surface area contributed by atoms with E-state index in [0.29, 0.717) is 25.7 Å². The highest BCUT2D eigenvalue weighted by Gasteiger charge is 2.05. The highest BCUT2D eigenvalue weighted by atomic mass is 16.5. The molecule has 4 nitrogen and oxygen atoms in total. The monoisotopic (exact) mass is 292 g/mol. The highest BCUT2D eigenvalue weighted by molar-refractivity contribution is 5.90. The molecule has 0 radical (unpaired) electrons. The van der Waals surface area contributed by atoms with E-state index in [2.05, 4.69) is 43.5 Å². The van der Waals surface area contributed by atoms with Gasteiger partial charge in [0.15, 0.2) is 0 Å². The Morgan fingerprint density at radius 1 is 1.14 bits per heavy atom. The lowest BCUT2D eigenvalue weighted by Crippen LogP contribution is -2.19. The van der Waals surface area contributed by atoms with Crippen molar-refractivity contribution in [1.29, 1.82) is 0 Å². The van der Waals surface area contributed by atoms with Gasteiger partial charge in [0.05, 0.1) is 13.0 Å². The Morgan fingerprint density at radius 3 is 2.48 bits per heavy atom. The first-order valence-electron chi connectivity index (χ1n) is 7.88. The van der Waals surface area contributed by atoms with Gasteiger partial charge in [-0.3, -0.25) is 4.79 Å². The molecule has 0 bridgehead atoms. The maximum atomic E-state index is 11.7. The van der Waals surface area contributed by atoms with E-state index >= 15 is 0 Å². The molecule has 0 aliphatic carbocycles. The second-order valence-electron chi connectivity index (χ2n) is 5.21. The van der Waals surface area contributed by atoms with Crippen LogP contribution in [0.2, 0.25) is 0 Å². The van der Waals surface area contributed by atoms with Crippen molar-refractivity contribution < 1.29 is 9.53 Å². The quantitative estimate of drug-likeness (QED) is 0.649. The molecule has 1 atom stereocenters. The first-order chi connectivity index (χ1) is 10.2. The van der Waals surface area contributed by atoms with Crippen LogP contribution >= 0.6 is 0 Å². The summed E-state index contributed by atoms with van der Waals surface area (Å²) in [5.74, 6) is -0.00369. The average molecular weight is 292 g/mol. The third-order valence-electron chi connectivity index (χ3n) is 3.22. The number of hydrogen-bond donors (Lipinski definition) is 2. The van der Waals surface area contributed by atoms with E-state index in [1.807, 2.05) is 12.1 Å². The Kier molecular flexibility index (Phi) is 8.71. The Hall–Kier alpha value is -1.39. The number of carbonyl (C=O) groups is 1. The zero-order valence-electron chi connectivity index (χ0n) is 13.4. The third kappa shape index (κ3) is 7.25. The van der Waals surface area contributed by atoms with Crippen LogP contribution in [-0.4, -0.2) is 25.7 Å². The van der Waals surface area contributed by atoms with Crippen LogP contribution in [0.25, 0.3) is 0 Å². The maximum absolute atomic E-state index is 11.7. The Bertz CT molecular complexity index is 404. The van der Waals surface area contributed by atoms with E-state index in [0.717, 1.165) is 25.1 Å². The number of anilines is 1. The van der Waals surface area contributed by atoms with Gasteiger partial charge in [-0.05, 0) is 44.0 Å². The van der Waals surface area contributed by atoms with Crippen LogP contribution in [-0.2, 0) is 9.53 Å². The van der Waals surface area contributed by atoms with Crippen LogP contribution in [0.4, 0.5) is 5.69 Å². The predicted octanol–water partition coefficient (Wildman–Crippen LogP) is 3.50. The summed E-state index contributed by atoms with van der Waals surface area (Å²) in [6.07, 6.45) is 2.50. The van der Waals surface area contributed by atoms with Crippen molar-refractivity contribution in [3.8, 4) is 0 Å². The minimum atomic E-state index is -0.00369. The molecule has 4 heteroatoms. The number of ether oxygens (including phenoxy) is 1. The number of hydrogen-bond acceptors (Lipinski definition) is 3. The van der Waals surface area contributed by atoms with E-state index in [-0.39, 0.29) is 5.91 Å². The number of carbonyl (C=O) groups excluding carboxylic acids is 1. The molecular weight excluding hydrogens is 264 g/mol. The van der Waals surface area contributed by atoms with Gasteiger partial charge < -0.3 is 15.4 Å². The molecule has 1 unspecified atom stereocenters. The summed E-state index contributed by atoms with van der Waals surface area (Å²) in [7, 11) is 0. The SMILES string of the molecule is CCCNC(C)c1ccc(NC(=O)CCOCCC)cc1. The van der Waals surface area contributed by atoms with E-state index < -0.39 is 0 Å². The normalized spacial score (nSPS) is 12.1. The number of benzene rings is 1. The molecule has 0 heterocycles. The van der Waals surface area contributed by atoms with Crippen LogP contribution in [0.15, 0.2) is 24.3 Å². The van der Waals surface area contributed by atoms with Gasteiger partial charge in [0.2, 0.25) is 5.91 Å². The zero-order chi connectivity index (χ0) is 15.5. The van der Waals surface area contributed by atoms with Crippen molar-refractivity contribution in [3.63, 3.8) is 0 Å². The molecule has 0 saturated carbocycles. The number of amides is 1. The summed E-state index contributed by atoms with van der Waals surface area (Å²) in [5.41, 5.74) is 2.06. The van der Waals surface area contributed by atoms with E-state index in [1.54, 1.807) is 0 Å². The zero-order valence-corrected chi connectivity index (χ0v) is 13.4. The highest BCUT2D eigenvalue weighted by Crippen LogP contribution is 2.16. The van der Waals surface area contributed by atoms with Crippen molar-refractivity contribution in [3.05, 3.63) is 29.8 Å². The number of rotatable bonds is 10. The summed E-state index contributed by atoms with van der Waals surface area (Å²) in [6, 6.07) is 8.33. The molecule has 2 N–H and O–H groups in total. The largest absolute Gasteiger partial charge is 0.381 e. The van der Waals surface area contributed by atoms with E-state index in [9.17, 15) is 4.79 Å². The summed E-state index contributed by atoms with van der Waals surface area (Å²) in [4.78, 5) is 11.7. The Balaban J connectivity index is 2.38. The molecular formula is C17H28N2O2. The smallest absolute Gasteiger partial charge is 0.226 e. The predicted molar refractivity (Wildman–Crippen MR) is 87.5 cm³/mol. The average Bonchev–Trinajstić information content (AvgIpc) is 2.50. The molecule has 1 rings (SSSR count). The molecule has 0 saturated heterocycles. The lowest BCUT2D eigenvalue weighted by atomic mass is 10.1. The van der Waals surface area contributed by atoms with Crippen molar-refractivity contribution in [2.45, 2.75) is 46.1 Å². The molecule has 118 valence electrons. The van der Waals surface area contributed by atoms with Crippen LogP contribution in [0.1, 0.15) is 51.6 Å². The van der Waals surface area contributed by atoms with Gasteiger partial charge in [0.1, 0.15) is 0 Å². The maximum Gasteiger partial charge on any atom is 0.226 e. The molecule has 0 fully saturated rings. The molecule has 21 heavy (non-hydrogen) atoms. The first kappa shape index (κ1) is 17.7. The second kappa shape index (κ2) is 10.4. The summed E-state index contributed by atoms with van der Waals surface area (Å²) >= 11 is 0. The molecule has 1 aromatic rings. The first-order valence-corrected chi connectivity index (χ1v) is 7.88. The summed E-state index contributed by atoms with van der Waals surface area (Å²) in [5, 5.41) is 6.33. The Morgan fingerprint density at radius 2 is 1.86 bits per heavy atom. The fraction of sp³-hybridized carbons (Fsp3) is 0.588. The topological polar surface area (TPSA) is 50.4 Å². The van der Waals surface area contributed by atoms with Crippen molar-refractivity contribution in [2.75, 3.05) is 25.1 Å². The van der Waals surface area contributed by atoms with Crippen LogP contribution in [0.3, 0.4) is 0 Å². The third-order valence-corrected chi connectivity index (χ3v) is 3.22. The van der Waals surface area contributed by atoms with Crippen LogP contribution < -0.4 is 10.6 Å². The van der Waals surface area contributed by atoms with Crippen molar-refractivity contribution in [1.82, 2.24) is 5.32 Å². The van der Waals surface area contributed by atoms with E-state index in [1.165, 1.54) is 5.56 Å². The van der Waals surface area contributed by atoms with Crippen molar-refractivity contribution >= 4 is 11.6 Å². The van der Waals surface area contributed by atoms with Gasteiger partial charge in [0.25, 0.3) is 0 Å².